The van der Waals surface area contributed by atoms with Crippen LogP contribution in [0.25, 0.3) is 0 Å². The Kier molecular flexibility index (Phi) is 7.05. The van der Waals surface area contributed by atoms with Crippen LogP contribution in [0.4, 0.5) is 11.4 Å². The van der Waals surface area contributed by atoms with Gasteiger partial charge < -0.3 is 10.2 Å². The van der Waals surface area contributed by atoms with E-state index in [0.717, 1.165) is 27.9 Å². The molecular weight excluding hydrogens is 462 g/mol. The molecule has 0 unspecified atom stereocenters. The lowest BCUT2D eigenvalue weighted by Gasteiger charge is -2.20. The minimum atomic E-state index is -4.01. The van der Waals surface area contributed by atoms with Crippen molar-refractivity contribution in [2.75, 3.05) is 16.8 Å². The van der Waals surface area contributed by atoms with Crippen LogP contribution in [0.1, 0.15) is 29.2 Å². The summed E-state index contributed by atoms with van der Waals surface area (Å²) in [5.41, 5.74) is 4.88. The van der Waals surface area contributed by atoms with E-state index in [1.165, 1.54) is 13.0 Å². The number of aryl methyl sites for hydroxylation is 2. The van der Waals surface area contributed by atoms with Crippen LogP contribution in [-0.4, -0.2) is 32.8 Å². The zero-order valence-corrected chi connectivity index (χ0v) is 20.9. The second-order valence-electron chi connectivity index (χ2n) is 8.88. The molecule has 0 spiro atoms. The van der Waals surface area contributed by atoms with Crippen molar-refractivity contribution in [2.24, 2.45) is 0 Å². The van der Waals surface area contributed by atoms with E-state index in [9.17, 15) is 18.0 Å². The van der Waals surface area contributed by atoms with Gasteiger partial charge in [-0.15, -0.1) is 0 Å². The van der Waals surface area contributed by atoms with Crippen LogP contribution in [0.5, 0.6) is 0 Å². The normalized spacial score (nSPS) is 13.9. The number of fused-ring (bicyclic) bond motifs is 1. The number of benzene rings is 3. The van der Waals surface area contributed by atoms with E-state index < -0.39 is 22.0 Å². The average molecular weight is 492 g/mol. The highest BCUT2D eigenvalue weighted by atomic mass is 32.2. The molecule has 2 amide bonds. The maximum absolute atomic E-state index is 13.4. The molecule has 3 aromatic rings. The number of sulfonamides is 1. The summed E-state index contributed by atoms with van der Waals surface area (Å²) in [4.78, 5) is 26.8. The van der Waals surface area contributed by atoms with E-state index in [4.69, 9.17) is 0 Å². The molecule has 1 atom stereocenters. The number of anilines is 2. The van der Waals surface area contributed by atoms with Crippen LogP contribution in [0.15, 0.2) is 71.6 Å². The lowest BCUT2D eigenvalue weighted by Crippen LogP contribution is -2.45. The first-order valence-corrected chi connectivity index (χ1v) is 13.0. The Hall–Kier alpha value is -3.49. The van der Waals surface area contributed by atoms with Gasteiger partial charge in [-0.3, -0.25) is 9.59 Å². The Morgan fingerprint density at radius 1 is 1.00 bits per heavy atom. The topological polar surface area (TPSA) is 95.6 Å². The Balaban J connectivity index is 1.61. The molecule has 4 rings (SSSR count). The molecule has 2 N–H and O–H groups in total. The third-order valence-corrected chi connectivity index (χ3v) is 7.65. The molecule has 1 heterocycles. The van der Waals surface area contributed by atoms with Crippen LogP contribution < -0.4 is 14.9 Å². The van der Waals surface area contributed by atoms with Gasteiger partial charge in [0.2, 0.25) is 21.8 Å². The Morgan fingerprint density at radius 2 is 1.74 bits per heavy atom. The minimum absolute atomic E-state index is 0.0687. The fraction of sp³-hybridized carbons (Fsp3) is 0.259. The molecule has 0 bridgehead atoms. The first-order chi connectivity index (χ1) is 16.6. The molecule has 0 fully saturated rings. The summed E-state index contributed by atoms with van der Waals surface area (Å²) in [7, 11) is -4.01. The van der Waals surface area contributed by atoms with Gasteiger partial charge in [-0.2, -0.15) is 4.72 Å². The summed E-state index contributed by atoms with van der Waals surface area (Å²) >= 11 is 0. The SMILES string of the molecule is CC(=O)N1CCc2cc(S(=O)(=O)N[C@@H](Cc3ccccc3)C(=O)Nc3cc(C)ccc3C)ccc21. The van der Waals surface area contributed by atoms with E-state index in [-0.39, 0.29) is 17.2 Å². The molecule has 8 heteroatoms. The molecule has 3 aromatic carbocycles. The molecule has 7 nitrogen and oxygen atoms in total. The highest BCUT2D eigenvalue weighted by Crippen LogP contribution is 2.30. The van der Waals surface area contributed by atoms with Crippen LogP contribution in [-0.2, 0) is 32.5 Å². The van der Waals surface area contributed by atoms with Gasteiger partial charge in [0.15, 0.2) is 0 Å². The number of hydrogen-bond donors (Lipinski definition) is 2. The largest absolute Gasteiger partial charge is 0.324 e. The van der Waals surface area contributed by atoms with E-state index in [2.05, 4.69) is 10.0 Å². The zero-order chi connectivity index (χ0) is 25.2. The number of nitrogens with zero attached hydrogens (tertiary/aromatic N) is 1. The molecule has 1 aliphatic rings. The summed E-state index contributed by atoms with van der Waals surface area (Å²) in [5.74, 6) is -0.515. The van der Waals surface area contributed by atoms with E-state index in [1.807, 2.05) is 62.4 Å². The van der Waals surface area contributed by atoms with Gasteiger partial charge in [-0.05, 0) is 73.2 Å². The van der Waals surface area contributed by atoms with Crippen LogP contribution in [0.3, 0.4) is 0 Å². The monoisotopic (exact) mass is 491 g/mol. The van der Waals surface area contributed by atoms with Gasteiger partial charge in [-0.25, -0.2) is 8.42 Å². The molecule has 182 valence electrons. The number of nitrogens with one attached hydrogen (secondary N) is 2. The summed E-state index contributed by atoms with van der Waals surface area (Å²) in [6.45, 7) is 5.83. The quantitative estimate of drug-likeness (QED) is 0.526. The van der Waals surface area contributed by atoms with Crippen molar-refractivity contribution >= 4 is 33.2 Å². The van der Waals surface area contributed by atoms with Crippen molar-refractivity contribution in [3.8, 4) is 0 Å². The first-order valence-electron chi connectivity index (χ1n) is 11.5. The predicted molar refractivity (Wildman–Crippen MR) is 137 cm³/mol. The standard InChI is InChI=1S/C27H29N3O4S/c1-18-9-10-19(2)24(15-18)28-27(32)25(16-21-7-5-4-6-8-21)29-35(33,34)23-11-12-26-22(17-23)13-14-30(26)20(3)31/h4-12,15,17,25,29H,13-14,16H2,1-3H3,(H,28,32)/t25-/m0/s1. The average Bonchev–Trinajstić information content (AvgIpc) is 3.25. The molecular formula is C27H29N3O4S. The molecule has 1 aliphatic heterocycles. The van der Waals surface area contributed by atoms with Gasteiger partial charge in [0.1, 0.15) is 6.04 Å². The number of rotatable bonds is 7. The van der Waals surface area contributed by atoms with Crippen molar-refractivity contribution in [2.45, 2.75) is 44.6 Å². The summed E-state index contributed by atoms with van der Waals surface area (Å²) in [5, 5.41) is 2.90. The van der Waals surface area contributed by atoms with Crippen LogP contribution in [0.2, 0.25) is 0 Å². The Labute approximate surface area is 206 Å². The fourth-order valence-corrected chi connectivity index (χ4v) is 5.50. The molecule has 35 heavy (non-hydrogen) atoms. The summed E-state index contributed by atoms with van der Waals surface area (Å²) in [6, 6.07) is 18.7. The van der Waals surface area contributed by atoms with Crippen LogP contribution in [0, 0.1) is 13.8 Å². The fourth-order valence-electron chi connectivity index (χ4n) is 4.26. The predicted octanol–water partition coefficient (Wildman–Crippen LogP) is 3.74. The summed E-state index contributed by atoms with van der Waals surface area (Å²) < 4.78 is 29.3. The van der Waals surface area contributed by atoms with Crippen LogP contribution >= 0.6 is 0 Å². The molecule has 0 radical (unpaired) electrons. The number of carbonyl (C=O) groups is 2. The van der Waals surface area contributed by atoms with Crippen molar-refractivity contribution in [3.63, 3.8) is 0 Å². The van der Waals surface area contributed by atoms with E-state index in [1.54, 1.807) is 17.0 Å². The van der Waals surface area contributed by atoms with Crippen molar-refractivity contribution in [1.82, 2.24) is 4.72 Å². The maximum Gasteiger partial charge on any atom is 0.242 e. The smallest absolute Gasteiger partial charge is 0.242 e. The first kappa shape index (κ1) is 24.6. The zero-order valence-electron chi connectivity index (χ0n) is 20.0. The van der Waals surface area contributed by atoms with Gasteiger partial charge in [-0.1, -0.05) is 42.5 Å². The number of hydrogen-bond acceptors (Lipinski definition) is 4. The lowest BCUT2D eigenvalue weighted by atomic mass is 10.1. The van der Waals surface area contributed by atoms with Gasteiger partial charge in [0.05, 0.1) is 4.90 Å². The lowest BCUT2D eigenvalue weighted by molar-refractivity contribution is -0.118. The second kappa shape index (κ2) is 10.0. The van der Waals surface area contributed by atoms with Gasteiger partial charge in [0, 0.05) is 24.8 Å². The summed E-state index contributed by atoms with van der Waals surface area (Å²) in [6.07, 6.45) is 0.776. The molecule has 0 saturated heterocycles. The molecule has 0 aliphatic carbocycles. The molecule has 0 aromatic heterocycles. The number of amides is 2. The Morgan fingerprint density at radius 3 is 2.46 bits per heavy atom. The molecule has 0 saturated carbocycles. The van der Waals surface area contributed by atoms with E-state index in [0.29, 0.717) is 18.7 Å². The number of carbonyl (C=O) groups excluding carboxylic acids is 2. The second-order valence-corrected chi connectivity index (χ2v) is 10.6. The highest BCUT2D eigenvalue weighted by Gasteiger charge is 2.29. The third kappa shape index (κ3) is 5.61. The van der Waals surface area contributed by atoms with Crippen molar-refractivity contribution < 1.29 is 18.0 Å². The van der Waals surface area contributed by atoms with Gasteiger partial charge in [0.25, 0.3) is 0 Å². The maximum atomic E-state index is 13.4. The van der Waals surface area contributed by atoms with Crippen molar-refractivity contribution in [3.05, 3.63) is 89.0 Å². The minimum Gasteiger partial charge on any atom is -0.324 e. The van der Waals surface area contributed by atoms with Crippen molar-refractivity contribution in [1.29, 1.82) is 0 Å². The third-order valence-electron chi connectivity index (χ3n) is 6.18. The Bertz CT molecular complexity index is 1370. The van der Waals surface area contributed by atoms with E-state index >= 15 is 0 Å². The van der Waals surface area contributed by atoms with Gasteiger partial charge >= 0.3 is 0 Å². The highest BCUT2D eigenvalue weighted by molar-refractivity contribution is 7.89.